The van der Waals surface area contributed by atoms with Gasteiger partial charge in [-0.1, -0.05) is 0 Å². The summed E-state index contributed by atoms with van der Waals surface area (Å²) in [6, 6.07) is 0.472. The highest BCUT2D eigenvalue weighted by Crippen LogP contribution is 2.30. The number of hydrogen-bond acceptors (Lipinski definition) is 5. The molecule has 0 aliphatic carbocycles. The third-order valence-corrected chi connectivity index (χ3v) is 4.50. The third-order valence-electron chi connectivity index (χ3n) is 4.50. The molecule has 0 bridgehead atoms. The van der Waals surface area contributed by atoms with Crippen molar-refractivity contribution in [2.45, 2.75) is 38.1 Å². The smallest absolute Gasteiger partial charge is 0.327 e. The Hall–Kier alpha value is -2.96. The second-order valence-corrected chi connectivity index (χ2v) is 6.60. The average molecular weight is 417 g/mol. The molecule has 0 saturated carbocycles. The Labute approximate surface area is 159 Å². The predicted molar refractivity (Wildman–Crippen MR) is 85.7 cm³/mol. The summed E-state index contributed by atoms with van der Waals surface area (Å²) < 4.78 is 81.4. The molecular formula is C16H13F6N7. The molecule has 0 amide bonds. The molecule has 0 fully saturated rings. The summed E-state index contributed by atoms with van der Waals surface area (Å²) in [4.78, 5) is 3.50. The fraction of sp³-hybridized carbons (Fsp3) is 0.375. The van der Waals surface area contributed by atoms with E-state index in [2.05, 4.69) is 20.3 Å². The van der Waals surface area contributed by atoms with Crippen molar-refractivity contribution in [1.82, 2.24) is 29.5 Å². The van der Waals surface area contributed by atoms with Gasteiger partial charge in [-0.3, -0.25) is 0 Å². The zero-order chi connectivity index (χ0) is 20.9. The molecule has 1 aliphatic rings. The second-order valence-electron chi connectivity index (χ2n) is 6.60. The van der Waals surface area contributed by atoms with Crippen LogP contribution >= 0.6 is 0 Å². The van der Waals surface area contributed by atoms with Gasteiger partial charge in [0.05, 0.1) is 6.54 Å². The lowest BCUT2D eigenvalue weighted by Crippen LogP contribution is -2.29. The van der Waals surface area contributed by atoms with Gasteiger partial charge in [0.15, 0.2) is 17.5 Å². The minimum atomic E-state index is -4.69. The van der Waals surface area contributed by atoms with Crippen molar-refractivity contribution in [2.24, 2.45) is 5.73 Å². The summed E-state index contributed by atoms with van der Waals surface area (Å²) in [5, 5.41) is 11.3. The number of aromatic nitrogens is 6. The van der Waals surface area contributed by atoms with E-state index in [-0.39, 0.29) is 43.1 Å². The summed E-state index contributed by atoms with van der Waals surface area (Å²) in [5.41, 5.74) is 5.90. The van der Waals surface area contributed by atoms with Crippen molar-refractivity contribution >= 4 is 0 Å². The molecule has 0 spiro atoms. The van der Waals surface area contributed by atoms with Crippen LogP contribution in [0.15, 0.2) is 12.1 Å². The van der Waals surface area contributed by atoms with Crippen LogP contribution in [-0.2, 0) is 32.1 Å². The van der Waals surface area contributed by atoms with Gasteiger partial charge >= 0.3 is 6.18 Å². The van der Waals surface area contributed by atoms with Crippen molar-refractivity contribution in [3.8, 4) is 11.6 Å². The summed E-state index contributed by atoms with van der Waals surface area (Å²) in [6.07, 6.45) is -4.69. The van der Waals surface area contributed by atoms with E-state index in [4.69, 9.17) is 5.73 Å². The maximum atomic E-state index is 13.8. The number of nitrogens with two attached hydrogens (primary N) is 1. The highest BCUT2D eigenvalue weighted by atomic mass is 19.4. The van der Waals surface area contributed by atoms with Crippen LogP contribution in [0.25, 0.3) is 11.6 Å². The predicted octanol–water partition coefficient (Wildman–Crippen LogP) is 2.10. The molecule has 7 nitrogen and oxygen atoms in total. The van der Waals surface area contributed by atoms with Crippen LogP contribution in [0.3, 0.4) is 0 Å². The van der Waals surface area contributed by atoms with E-state index in [9.17, 15) is 26.3 Å². The monoisotopic (exact) mass is 417 g/mol. The van der Waals surface area contributed by atoms with E-state index >= 15 is 0 Å². The highest BCUT2D eigenvalue weighted by molar-refractivity contribution is 5.45. The average Bonchev–Trinajstić information content (AvgIpc) is 3.23. The van der Waals surface area contributed by atoms with Crippen LogP contribution in [0.4, 0.5) is 26.3 Å². The van der Waals surface area contributed by atoms with E-state index in [0.29, 0.717) is 11.9 Å². The van der Waals surface area contributed by atoms with Gasteiger partial charge in [-0.2, -0.15) is 18.2 Å². The number of fused-ring (bicyclic) bond motifs is 3. The fourth-order valence-corrected chi connectivity index (χ4v) is 3.17. The van der Waals surface area contributed by atoms with Crippen LogP contribution in [0.5, 0.6) is 0 Å². The number of hydrogen-bond donors (Lipinski definition) is 1. The molecule has 1 atom stereocenters. The van der Waals surface area contributed by atoms with Gasteiger partial charge in [-0.05, 0) is 18.1 Å². The minimum Gasteiger partial charge on any atom is -0.327 e. The number of nitrogens with zero attached hydrogens (tertiary/aromatic N) is 6. The quantitative estimate of drug-likeness (QED) is 0.519. The molecule has 154 valence electrons. The van der Waals surface area contributed by atoms with Gasteiger partial charge in [0.2, 0.25) is 5.82 Å². The van der Waals surface area contributed by atoms with Crippen LogP contribution in [0.1, 0.15) is 17.2 Å². The normalized spacial score (nSPS) is 14.6. The molecule has 1 aliphatic heterocycles. The minimum absolute atomic E-state index is 0.0671. The van der Waals surface area contributed by atoms with E-state index in [1.54, 1.807) is 4.57 Å². The van der Waals surface area contributed by atoms with Crippen LogP contribution in [-0.4, -0.2) is 35.6 Å². The van der Waals surface area contributed by atoms with Crippen LogP contribution < -0.4 is 5.73 Å². The first-order chi connectivity index (χ1) is 13.6. The van der Waals surface area contributed by atoms with Crippen molar-refractivity contribution < 1.29 is 26.3 Å². The fourth-order valence-electron chi connectivity index (χ4n) is 3.17. The number of halogens is 6. The van der Waals surface area contributed by atoms with Gasteiger partial charge in [-0.15, -0.1) is 15.3 Å². The van der Waals surface area contributed by atoms with Crippen molar-refractivity contribution in [1.29, 1.82) is 0 Å². The van der Waals surface area contributed by atoms with Crippen LogP contribution in [0, 0.1) is 17.5 Å². The molecule has 1 aromatic carbocycles. The first-order valence-corrected chi connectivity index (χ1v) is 8.47. The van der Waals surface area contributed by atoms with Gasteiger partial charge in [-0.25, -0.2) is 17.9 Å². The Morgan fingerprint density at radius 1 is 0.966 bits per heavy atom. The lowest BCUT2D eigenvalue weighted by molar-refractivity contribution is -0.145. The van der Waals surface area contributed by atoms with Crippen LogP contribution in [0.2, 0.25) is 0 Å². The van der Waals surface area contributed by atoms with E-state index < -0.39 is 35.5 Å². The first-order valence-electron chi connectivity index (χ1n) is 8.47. The molecule has 4 rings (SSSR count). The summed E-state index contributed by atoms with van der Waals surface area (Å²) in [5.74, 6) is -4.27. The Bertz CT molecular complexity index is 1070. The molecule has 13 heteroatoms. The Balaban J connectivity index is 1.55. The molecule has 29 heavy (non-hydrogen) atoms. The molecule has 0 radical (unpaired) electrons. The maximum absolute atomic E-state index is 13.8. The van der Waals surface area contributed by atoms with E-state index in [1.807, 2.05) is 0 Å². The second kappa shape index (κ2) is 6.83. The van der Waals surface area contributed by atoms with E-state index in [0.717, 1.165) is 10.7 Å². The molecule has 0 unspecified atom stereocenters. The largest absolute Gasteiger partial charge is 0.453 e. The maximum Gasteiger partial charge on any atom is 0.453 e. The first kappa shape index (κ1) is 19.4. The standard InChI is InChI=1S/C16H13F6N7/c17-9-6-11(19)10(18)4-7(9)3-8(23)5-12-25-26-14-13-24-15(16(20,21)22)27-29(13)2-1-28(12)14/h4,6,8H,1-3,5,23H2/t8-/m1/s1. The Kier molecular flexibility index (Phi) is 4.56. The third kappa shape index (κ3) is 3.57. The lowest BCUT2D eigenvalue weighted by atomic mass is 10.0. The summed E-state index contributed by atoms with van der Waals surface area (Å²) in [7, 11) is 0. The molecule has 2 N–H and O–H groups in total. The van der Waals surface area contributed by atoms with Gasteiger partial charge in [0.1, 0.15) is 11.6 Å². The Morgan fingerprint density at radius 3 is 2.41 bits per heavy atom. The van der Waals surface area contributed by atoms with Crippen molar-refractivity contribution in [3.05, 3.63) is 46.8 Å². The SMILES string of the molecule is N[C@H](Cc1cc(F)c(F)cc1F)Cc1nnc2n1CCn1nc(C(F)(F)F)nc1-2. The highest BCUT2D eigenvalue weighted by Gasteiger charge is 2.38. The lowest BCUT2D eigenvalue weighted by Gasteiger charge is -2.17. The van der Waals surface area contributed by atoms with Gasteiger partial charge < -0.3 is 10.3 Å². The zero-order valence-corrected chi connectivity index (χ0v) is 14.6. The van der Waals surface area contributed by atoms with Gasteiger partial charge in [0, 0.05) is 25.1 Å². The molecule has 3 aromatic rings. The Morgan fingerprint density at radius 2 is 1.69 bits per heavy atom. The summed E-state index contributed by atoms with van der Waals surface area (Å²) in [6.45, 7) is 0.376. The van der Waals surface area contributed by atoms with Gasteiger partial charge in [0.25, 0.3) is 5.82 Å². The zero-order valence-electron chi connectivity index (χ0n) is 14.6. The molecular weight excluding hydrogens is 404 g/mol. The molecule has 0 saturated heterocycles. The van der Waals surface area contributed by atoms with Crippen molar-refractivity contribution in [2.75, 3.05) is 0 Å². The topological polar surface area (TPSA) is 87.4 Å². The number of benzene rings is 1. The summed E-state index contributed by atoms with van der Waals surface area (Å²) >= 11 is 0. The molecule has 2 aromatic heterocycles. The molecule has 3 heterocycles. The number of aryl methyl sites for hydroxylation is 1. The van der Waals surface area contributed by atoms with Crippen molar-refractivity contribution in [3.63, 3.8) is 0 Å². The number of alkyl halides is 3. The number of rotatable bonds is 4. The van der Waals surface area contributed by atoms with E-state index in [1.165, 1.54) is 0 Å².